The Morgan fingerprint density at radius 1 is 1.26 bits per heavy atom. The van der Waals surface area contributed by atoms with E-state index in [-0.39, 0.29) is 11.5 Å². The molecule has 7 nitrogen and oxygen atoms in total. The standard InChI is InChI=1S/C20H14Cl2INO6S/c1-29-15-5-10(6-16-19(27)24(8-17(25)26)20(28)31-16)4-14(23)18(15)30-9-11-2-3-12(21)7-13(11)22/h2-7H,8-9H2,1H3,(H,25,26)/b16-6+. The number of carbonyl (C=O) groups excluding carboxylic acids is 2. The number of imide groups is 1. The normalized spacial score (nSPS) is 15.0. The Balaban J connectivity index is 1.84. The van der Waals surface area contributed by atoms with Gasteiger partial charge < -0.3 is 14.6 Å². The minimum absolute atomic E-state index is 0.130. The molecule has 0 radical (unpaired) electrons. The molecule has 2 amide bonds. The maximum Gasteiger partial charge on any atom is 0.323 e. The summed E-state index contributed by atoms with van der Waals surface area (Å²) in [4.78, 5) is 36.0. The molecular formula is C20H14Cl2INO6S. The van der Waals surface area contributed by atoms with Crippen molar-refractivity contribution < 1.29 is 29.0 Å². The van der Waals surface area contributed by atoms with E-state index in [1.54, 1.807) is 30.3 Å². The summed E-state index contributed by atoms with van der Waals surface area (Å²) in [6.07, 6.45) is 1.51. The van der Waals surface area contributed by atoms with Crippen LogP contribution in [0.15, 0.2) is 35.2 Å². The van der Waals surface area contributed by atoms with Gasteiger partial charge in [0.05, 0.1) is 15.6 Å². The summed E-state index contributed by atoms with van der Waals surface area (Å²) in [7, 11) is 1.48. The third-order valence-electron chi connectivity index (χ3n) is 4.10. The first kappa shape index (κ1) is 23.7. The van der Waals surface area contributed by atoms with Crippen LogP contribution in [-0.4, -0.2) is 40.8 Å². The molecule has 1 fully saturated rings. The lowest BCUT2D eigenvalue weighted by Crippen LogP contribution is -2.33. The van der Waals surface area contributed by atoms with Gasteiger partial charge in [-0.05, 0) is 70.3 Å². The van der Waals surface area contributed by atoms with Crippen molar-refractivity contribution >= 4 is 80.7 Å². The van der Waals surface area contributed by atoms with E-state index in [4.69, 9.17) is 37.8 Å². The molecular weight excluding hydrogens is 580 g/mol. The molecule has 2 aromatic rings. The van der Waals surface area contributed by atoms with E-state index in [0.29, 0.717) is 47.3 Å². The van der Waals surface area contributed by atoms with Crippen molar-refractivity contribution in [3.8, 4) is 11.5 Å². The molecule has 1 heterocycles. The monoisotopic (exact) mass is 593 g/mol. The van der Waals surface area contributed by atoms with Crippen LogP contribution in [0.1, 0.15) is 11.1 Å². The highest BCUT2D eigenvalue weighted by molar-refractivity contribution is 14.1. The van der Waals surface area contributed by atoms with Gasteiger partial charge in [0.2, 0.25) is 0 Å². The number of nitrogens with zero attached hydrogens (tertiary/aromatic N) is 1. The minimum atomic E-state index is -1.26. The number of thioether (sulfide) groups is 1. The molecule has 0 bridgehead atoms. The number of carbonyl (C=O) groups is 3. The van der Waals surface area contributed by atoms with Gasteiger partial charge in [0, 0.05) is 15.6 Å². The lowest BCUT2D eigenvalue weighted by molar-refractivity contribution is -0.140. The van der Waals surface area contributed by atoms with Crippen molar-refractivity contribution in [1.29, 1.82) is 0 Å². The van der Waals surface area contributed by atoms with Gasteiger partial charge in [-0.15, -0.1) is 0 Å². The van der Waals surface area contributed by atoms with Crippen molar-refractivity contribution in [3.05, 3.63) is 60.0 Å². The Morgan fingerprint density at radius 2 is 2.00 bits per heavy atom. The number of benzene rings is 2. The fourth-order valence-corrected chi connectivity index (χ4v) is 4.76. The van der Waals surface area contributed by atoms with E-state index in [1.807, 2.05) is 0 Å². The SMILES string of the molecule is COc1cc(/C=C2/SC(=O)N(CC(=O)O)C2=O)cc(I)c1OCc1ccc(Cl)cc1Cl. The van der Waals surface area contributed by atoms with Gasteiger partial charge >= 0.3 is 5.97 Å². The first-order chi connectivity index (χ1) is 14.7. The molecule has 162 valence electrons. The third-order valence-corrected chi connectivity index (χ3v) is 6.40. The second kappa shape index (κ2) is 10.1. The van der Waals surface area contributed by atoms with Crippen molar-refractivity contribution in [2.45, 2.75) is 6.61 Å². The Labute approximate surface area is 205 Å². The maximum atomic E-state index is 12.4. The van der Waals surface area contributed by atoms with E-state index >= 15 is 0 Å². The molecule has 0 unspecified atom stereocenters. The van der Waals surface area contributed by atoms with Gasteiger partial charge in [-0.25, -0.2) is 0 Å². The molecule has 1 aliphatic heterocycles. The zero-order valence-corrected chi connectivity index (χ0v) is 20.3. The predicted octanol–water partition coefficient (Wildman–Crippen LogP) is 5.31. The molecule has 1 N–H and O–H groups in total. The number of methoxy groups -OCH3 is 1. The van der Waals surface area contributed by atoms with E-state index in [0.717, 1.165) is 5.56 Å². The number of amides is 2. The first-order valence-electron chi connectivity index (χ1n) is 8.61. The van der Waals surface area contributed by atoms with Crippen LogP contribution in [0.2, 0.25) is 10.0 Å². The first-order valence-corrected chi connectivity index (χ1v) is 11.3. The zero-order chi connectivity index (χ0) is 22.7. The topological polar surface area (TPSA) is 93.1 Å². The average Bonchev–Trinajstić information content (AvgIpc) is 2.95. The Morgan fingerprint density at radius 3 is 2.65 bits per heavy atom. The molecule has 11 heteroatoms. The molecule has 0 saturated carbocycles. The van der Waals surface area contributed by atoms with Crippen LogP contribution in [0, 0.1) is 3.57 Å². The smallest absolute Gasteiger partial charge is 0.323 e. The lowest BCUT2D eigenvalue weighted by Gasteiger charge is -2.14. The van der Waals surface area contributed by atoms with Gasteiger partial charge in [-0.3, -0.25) is 19.3 Å². The van der Waals surface area contributed by atoms with Crippen molar-refractivity contribution in [2.24, 2.45) is 0 Å². The minimum Gasteiger partial charge on any atom is -0.493 e. The average molecular weight is 594 g/mol. The van der Waals surface area contributed by atoms with Crippen molar-refractivity contribution in [2.75, 3.05) is 13.7 Å². The van der Waals surface area contributed by atoms with Gasteiger partial charge in [0.15, 0.2) is 11.5 Å². The molecule has 0 atom stereocenters. The fourth-order valence-electron chi connectivity index (χ4n) is 2.67. The number of hydrogen-bond donors (Lipinski definition) is 1. The molecule has 0 aromatic heterocycles. The van der Waals surface area contributed by atoms with E-state index < -0.39 is 23.7 Å². The van der Waals surface area contributed by atoms with Crippen molar-refractivity contribution in [1.82, 2.24) is 4.90 Å². The number of hydrogen-bond acceptors (Lipinski definition) is 6. The predicted molar refractivity (Wildman–Crippen MR) is 127 cm³/mol. The Bertz CT molecular complexity index is 1110. The van der Waals surface area contributed by atoms with Gasteiger partial charge in [0.1, 0.15) is 13.2 Å². The Hall–Kier alpha value is -1.95. The van der Waals surface area contributed by atoms with E-state index in [2.05, 4.69) is 22.6 Å². The summed E-state index contributed by atoms with van der Waals surface area (Å²) in [5.41, 5.74) is 1.35. The van der Waals surface area contributed by atoms with Crippen LogP contribution >= 0.6 is 57.6 Å². The second-order valence-corrected chi connectivity index (χ2v) is 9.22. The number of aliphatic carboxylic acids is 1. The van der Waals surface area contributed by atoms with Crippen molar-refractivity contribution in [3.63, 3.8) is 0 Å². The number of carboxylic acids is 1. The van der Waals surface area contributed by atoms with Crippen LogP contribution in [-0.2, 0) is 16.2 Å². The quantitative estimate of drug-likeness (QED) is 0.344. The fraction of sp³-hybridized carbons (Fsp3) is 0.150. The van der Waals surface area contributed by atoms with Crippen LogP contribution in [0.4, 0.5) is 4.79 Å². The molecule has 1 aliphatic rings. The number of halogens is 3. The van der Waals surface area contributed by atoms with Crippen LogP contribution in [0.25, 0.3) is 6.08 Å². The highest BCUT2D eigenvalue weighted by Crippen LogP contribution is 2.38. The van der Waals surface area contributed by atoms with E-state index in [1.165, 1.54) is 13.2 Å². The summed E-state index contributed by atoms with van der Waals surface area (Å²) < 4.78 is 12.0. The van der Waals surface area contributed by atoms with Crippen LogP contribution in [0.5, 0.6) is 11.5 Å². The molecule has 2 aromatic carbocycles. The van der Waals surface area contributed by atoms with Crippen LogP contribution < -0.4 is 9.47 Å². The number of rotatable bonds is 7. The van der Waals surface area contributed by atoms with Crippen LogP contribution in [0.3, 0.4) is 0 Å². The summed E-state index contributed by atoms with van der Waals surface area (Å²) in [6.45, 7) is -0.487. The third kappa shape index (κ3) is 5.65. The van der Waals surface area contributed by atoms with Gasteiger partial charge in [-0.2, -0.15) is 0 Å². The number of ether oxygens (including phenoxy) is 2. The number of carboxylic acid groups (broad SMARTS) is 1. The second-order valence-electron chi connectivity index (χ2n) is 6.22. The molecule has 31 heavy (non-hydrogen) atoms. The summed E-state index contributed by atoms with van der Waals surface area (Å²) >= 11 is 14.9. The highest BCUT2D eigenvalue weighted by Gasteiger charge is 2.36. The zero-order valence-electron chi connectivity index (χ0n) is 15.9. The summed E-state index contributed by atoms with van der Waals surface area (Å²) in [6, 6.07) is 8.53. The summed E-state index contributed by atoms with van der Waals surface area (Å²) in [5.74, 6) is -0.996. The Kier molecular flexibility index (Phi) is 7.73. The van der Waals surface area contributed by atoms with Gasteiger partial charge in [-0.1, -0.05) is 29.3 Å². The van der Waals surface area contributed by atoms with Gasteiger partial charge in [0.25, 0.3) is 11.1 Å². The molecule has 1 saturated heterocycles. The van der Waals surface area contributed by atoms with E-state index in [9.17, 15) is 14.4 Å². The largest absolute Gasteiger partial charge is 0.493 e. The highest BCUT2D eigenvalue weighted by atomic mass is 127. The summed E-state index contributed by atoms with van der Waals surface area (Å²) in [5, 5.41) is 9.25. The maximum absolute atomic E-state index is 12.4. The molecule has 0 aliphatic carbocycles. The lowest BCUT2D eigenvalue weighted by atomic mass is 10.1. The molecule has 3 rings (SSSR count). The molecule has 0 spiro atoms.